The van der Waals surface area contributed by atoms with Crippen molar-refractivity contribution in [1.82, 2.24) is 10.5 Å². The van der Waals surface area contributed by atoms with Crippen molar-refractivity contribution < 1.29 is 28.7 Å². The molecular formula is C20H18ClFN2O5. The summed E-state index contributed by atoms with van der Waals surface area (Å²) in [7, 11) is 0. The van der Waals surface area contributed by atoms with Crippen molar-refractivity contribution >= 4 is 17.5 Å². The zero-order valence-electron chi connectivity index (χ0n) is 15.6. The molecule has 1 atom stereocenters. The van der Waals surface area contributed by atoms with Crippen molar-refractivity contribution in [2.75, 3.05) is 6.54 Å². The monoisotopic (exact) mass is 420 g/mol. The summed E-state index contributed by atoms with van der Waals surface area (Å²) in [4.78, 5) is 12.5. The maximum absolute atomic E-state index is 13.1. The predicted octanol–water partition coefficient (Wildman–Crippen LogP) is 4.52. The number of aromatic hydroxyl groups is 2. The lowest BCUT2D eigenvalue weighted by atomic mass is 9.98. The average molecular weight is 421 g/mol. The Morgan fingerprint density at radius 1 is 1.28 bits per heavy atom. The molecule has 0 aliphatic heterocycles. The van der Waals surface area contributed by atoms with E-state index in [9.17, 15) is 19.4 Å². The van der Waals surface area contributed by atoms with Gasteiger partial charge in [-0.15, -0.1) is 0 Å². The Bertz CT molecular complexity index is 1030. The molecule has 3 rings (SSSR count). The van der Waals surface area contributed by atoms with E-state index in [2.05, 4.69) is 10.5 Å². The SMILES string of the molecule is CCNC(=O)c1noc(-c2cc(Cl)c(O)cc2O)c1-c1ccc(OC(C)F)cc1. The summed E-state index contributed by atoms with van der Waals surface area (Å²) in [5, 5.41) is 26.4. The van der Waals surface area contributed by atoms with Crippen molar-refractivity contribution in [3.8, 4) is 39.7 Å². The number of hydrogen-bond donors (Lipinski definition) is 3. The molecule has 1 aromatic heterocycles. The van der Waals surface area contributed by atoms with Gasteiger partial charge in [0.1, 0.15) is 17.2 Å². The van der Waals surface area contributed by atoms with Gasteiger partial charge >= 0.3 is 0 Å². The molecule has 29 heavy (non-hydrogen) atoms. The third kappa shape index (κ3) is 4.27. The maximum atomic E-state index is 13.1. The van der Waals surface area contributed by atoms with Crippen LogP contribution in [0, 0.1) is 0 Å². The van der Waals surface area contributed by atoms with Crippen LogP contribution in [0.2, 0.25) is 5.02 Å². The van der Waals surface area contributed by atoms with Crippen molar-refractivity contribution in [2.24, 2.45) is 0 Å². The van der Waals surface area contributed by atoms with Crippen LogP contribution in [0.4, 0.5) is 4.39 Å². The third-order valence-electron chi connectivity index (χ3n) is 4.00. The number of ether oxygens (including phenoxy) is 1. The van der Waals surface area contributed by atoms with Crippen LogP contribution in [0.25, 0.3) is 22.5 Å². The first-order valence-electron chi connectivity index (χ1n) is 8.72. The van der Waals surface area contributed by atoms with E-state index in [0.717, 1.165) is 6.07 Å². The number of amides is 1. The molecule has 3 N–H and O–H groups in total. The number of carbonyl (C=O) groups is 1. The molecule has 1 heterocycles. The minimum absolute atomic E-state index is 0.00187. The number of nitrogens with zero attached hydrogens (tertiary/aromatic N) is 1. The number of phenolic OH excluding ortho intramolecular Hbond substituents is 2. The number of halogens is 2. The Labute approximate surface area is 170 Å². The first-order valence-corrected chi connectivity index (χ1v) is 9.10. The zero-order chi connectivity index (χ0) is 21.1. The Balaban J connectivity index is 2.16. The molecule has 0 saturated carbocycles. The number of aromatic nitrogens is 1. The number of nitrogens with one attached hydrogen (secondary N) is 1. The Kier molecular flexibility index (Phi) is 5.93. The normalized spacial score (nSPS) is 11.9. The second-order valence-corrected chi connectivity index (χ2v) is 6.51. The van der Waals surface area contributed by atoms with Crippen LogP contribution in [0.1, 0.15) is 24.3 Å². The second kappa shape index (κ2) is 8.40. The van der Waals surface area contributed by atoms with E-state index in [1.54, 1.807) is 19.1 Å². The molecule has 152 valence electrons. The van der Waals surface area contributed by atoms with Crippen LogP contribution in [0.5, 0.6) is 17.2 Å². The standard InChI is InChI=1S/C20H18ClFN2O5/c1-3-23-20(27)18-17(11-4-6-12(7-5-11)28-10(2)22)19(29-24-18)13-8-14(21)16(26)9-15(13)25/h4-10,25-26H,3H2,1-2H3,(H,23,27). The maximum Gasteiger partial charge on any atom is 0.274 e. The first kappa shape index (κ1) is 20.5. The van der Waals surface area contributed by atoms with Gasteiger partial charge in [0.15, 0.2) is 11.5 Å². The quantitative estimate of drug-likeness (QED) is 0.541. The smallest absolute Gasteiger partial charge is 0.274 e. The third-order valence-corrected chi connectivity index (χ3v) is 4.30. The van der Waals surface area contributed by atoms with E-state index >= 15 is 0 Å². The molecule has 0 bridgehead atoms. The van der Waals surface area contributed by atoms with Gasteiger partial charge in [0.25, 0.3) is 5.91 Å². The molecule has 0 aliphatic carbocycles. The summed E-state index contributed by atoms with van der Waals surface area (Å²) in [6.07, 6.45) is -1.48. The van der Waals surface area contributed by atoms with E-state index in [4.69, 9.17) is 20.9 Å². The fourth-order valence-electron chi connectivity index (χ4n) is 2.76. The second-order valence-electron chi connectivity index (χ2n) is 6.10. The summed E-state index contributed by atoms with van der Waals surface area (Å²) >= 11 is 5.97. The lowest BCUT2D eigenvalue weighted by Crippen LogP contribution is -2.23. The lowest BCUT2D eigenvalue weighted by Gasteiger charge is -2.10. The largest absolute Gasteiger partial charge is 0.507 e. The van der Waals surface area contributed by atoms with Crippen LogP contribution in [-0.2, 0) is 0 Å². The molecule has 3 aromatic rings. The number of benzene rings is 2. The van der Waals surface area contributed by atoms with Crippen molar-refractivity contribution in [1.29, 1.82) is 0 Å². The molecule has 1 amide bonds. The summed E-state index contributed by atoms with van der Waals surface area (Å²) in [6, 6.07) is 8.65. The molecule has 1 unspecified atom stereocenters. The zero-order valence-corrected chi connectivity index (χ0v) is 16.3. The molecule has 2 aromatic carbocycles. The van der Waals surface area contributed by atoms with E-state index in [1.165, 1.54) is 25.1 Å². The Morgan fingerprint density at radius 2 is 1.97 bits per heavy atom. The van der Waals surface area contributed by atoms with Crippen molar-refractivity contribution in [3.05, 3.63) is 47.1 Å². The van der Waals surface area contributed by atoms with Crippen LogP contribution in [-0.4, -0.2) is 34.2 Å². The number of rotatable bonds is 6. The molecule has 7 nitrogen and oxygen atoms in total. The highest BCUT2D eigenvalue weighted by atomic mass is 35.5. The summed E-state index contributed by atoms with van der Waals surface area (Å²) in [6.45, 7) is 3.39. The minimum atomic E-state index is -1.48. The number of alkyl halides is 1. The topological polar surface area (TPSA) is 105 Å². The molecular weight excluding hydrogens is 403 g/mol. The van der Waals surface area contributed by atoms with E-state index in [-0.39, 0.29) is 33.5 Å². The van der Waals surface area contributed by atoms with Crippen LogP contribution in [0.15, 0.2) is 40.9 Å². The van der Waals surface area contributed by atoms with Gasteiger partial charge in [0.05, 0.1) is 16.1 Å². The highest BCUT2D eigenvalue weighted by Gasteiger charge is 2.26. The Hall–Kier alpha value is -3.26. The molecule has 0 fully saturated rings. The predicted molar refractivity (Wildman–Crippen MR) is 105 cm³/mol. The molecule has 0 radical (unpaired) electrons. The van der Waals surface area contributed by atoms with Gasteiger partial charge in [-0.3, -0.25) is 4.79 Å². The van der Waals surface area contributed by atoms with Crippen LogP contribution < -0.4 is 10.1 Å². The summed E-state index contributed by atoms with van der Waals surface area (Å²) in [5.41, 5.74) is 0.958. The van der Waals surface area contributed by atoms with E-state index in [1.807, 2.05) is 0 Å². The average Bonchev–Trinajstić information content (AvgIpc) is 3.10. The Morgan fingerprint density at radius 3 is 2.59 bits per heavy atom. The number of carbonyl (C=O) groups excluding carboxylic acids is 1. The highest BCUT2D eigenvalue weighted by Crippen LogP contribution is 2.43. The summed E-state index contributed by atoms with van der Waals surface area (Å²) < 4.78 is 23.4. The molecule has 0 spiro atoms. The van der Waals surface area contributed by atoms with Gasteiger partial charge < -0.3 is 24.8 Å². The van der Waals surface area contributed by atoms with Gasteiger partial charge in [-0.25, -0.2) is 4.39 Å². The van der Waals surface area contributed by atoms with Gasteiger partial charge in [-0.2, -0.15) is 0 Å². The van der Waals surface area contributed by atoms with E-state index < -0.39 is 12.3 Å². The van der Waals surface area contributed by atoms with Gasteiger partial charge in [0.2, 0.25) is 6.36 Å². The van der Waals surface area contributed by atoms with Crippen molar-refractivity contribution in [3.63, 3.8) is 0 Å². The first-order chi connectivity index (χ1) is 13.8. The fraction of sp³-hybridized carbons (Fsp3) is 0.200. The molecule has 0 aliphatic rings. The molecule has 0 saturated heterocycles. The van der Waals surface area contributed by atoms with Crippen LogP contribution >= 0.6 is 11.6 Å². The summed E-state index contributed by atoms with van der Waals surface area (Å²) in [5.74, 6) is -0.702. The fourth-order valence-corrected chi connectivity index (χ4v) is 2.93. The molecule has 9 heteroatoms. The number of phenols is 2. The van der Waals surface area contributed by atoms with Gasteiger partial charge in [0, 0.05) is 19.5 Å². The van der Waals surface area contributed by atoms with Crippen LogP contribution in [0.3, 0.4) is 0 Å². The number of hydrogen-bond acceptors (Lipinski definition) is 6. The van der Waals surface area contributed by atoms with E-state index in [0.29, 0.717) is 23.4 Å². The minimum Gasteiger partial charge on any atom is -0.507 e. The van der Waals surface area contributed by atoms with Gasteiger partial charge in [-0.05, 0) is 30.7 Å². The van der Waals surface area contributed by atoms with Gasteiger partial charge in [-0.1, -0.05) is 28.9 Å². The lowest BCUT2D eigenvalue weighted by molar-refractivity contribution is 0.0860. The highest BCUT2D eigenvalue weighted by molar-refractivity contribution is 6.32. The van der Waals surface area contributed by atoms with Crippen molar-refractivity contribution in [2.45, 2.75) is 20.2 Å².